The van der Waals surface area contributed by atoms with Crippen LogP contribution < -0.4 is 0 Å². The van der Waals surface area contributed by atoms with Gasteiger partial charge in [-0.15, -0.1) is 24.8 Å². The minimum atomic E-state index is -0.342. The highest BCUT2D eigenvalue weighted by molar-refractivity contribution is 5.85. The van der Waals surface area contributed by atoms with Gasteiger partial charge in [0.05, 0.1) is 6.61 Å². The van der Waals surface area contributed by atoms with Gasteiger partial charge in [0.2, 0.25) is 0 Å². The molecule has 0 saturated carbocycles. The molecule has 0 N–H and O–H groups in total. The number of piperazine rings is 1. The summed E-state index contributed by atoms with van der Waals surface area (Å²) >= 11 is 0. The summed E-state index contributed by atoms with van der Waals surface area (Å²) in [6, 6.07) is 12.6. The molecule has 166 valence electrons. The molecule has 0 radical (unpaired) electrons. The smallest absolute Gasteiger partial charge is 0.123 e. The minimum absolute atomic E-state index is 0. The normalized spacial score (nSPS) is 14.8. The second-order valence-electron chi connectivity index (χ2n) is 7.43. The van der Waals surface area contributed by atoms with Gasteiger partial charge >= 0.3 is 0 Å². The van der Waals surface area contributed by atoms with Crippen LogP contribution in [-0.4, -0.2) is 55.7 Å². The molecule has 1 saturated heterocycles. The standard InChI is InChI=1S/C23H28F2N2O.2ClH/c1-18(2)17-27-13-11-26(12-14-27)15-16-28-23(19-3-7-21(24)8-4-19)20-5-9-22(25)10-6-20;;/h3-10,23H,1,11-17H2,2H3;2*1H. The summed E-state index contributed by atoms with van der Waals surface area (Å²) in [5.41, 5.74) is 2.91. The second-order valence-corrected chi connectivity index (χ2v) is 7.43. The van der Waals surface area contributed by atoms with Crippen LogP contribution in [0.4, 0.5) is 8.78 Å². The van der Waals surface area contributed by atoms with Crippen molar-refractivity contribution in [3.05, 3.63) is 83.4 Å². The summed E-state index contributed by atoms with van der Waals surface area (Å²) in [6.07, 6.45) is -0.342. The Bertz CT molecular complexity index is 718. The molecule has 0 aliphatic carbocycles. The van der Waals surface area contributed by atoms with Crippen molar-refractivity contribution in [2.24, 2.45) is 0 Å². The van der Waals surface area contributed by atoms with E-state index in [1.807, 2.05) is 0 Å². The van der Waals surface area contributed by atoms with Gasteiger partial charge in [-0.1, -0.05) is 36.4 Å². The molecule has 0 amide bonds. The molecule has 0 atom stereocenters. The maximum absolute atomic E-state index is 13.3. The molecule has 3 rings (SSSR count). The van der Waals surface area contributed by atoms with E-state index in [0.717, 1.165) is 50.4 Å². The van der Waals surface area contributed by atoms with Crippen molar-refractivity contribution in [1.29, 1.82) is 0 Å². The van der Waals surface area contributed by atoms with E-state index in [9.17, 15) is 8.78 Å². The van der Waals surface area contributed by atoms with Gasteiger partial charge in [-0.3, -0.25) is 9.80 Å². The van der Waals surface area contributed by atoms with E-state index in [1.54, 1.807) is 24.3 Å². The SMILES string of the molecule is C=C(C)CN1CCN(CCOC(c2ccc(F)cc2)c2ccc(F)cc2)CC1.Cl.Cl. The highest BCUT2D eigenvalue weighted by Gasteiger charge is 2.19. The van der Waals surface area contributed by atoms with Crippen molar-refractivity contribution < 1.29 is 13.5 Å². The monoisotopic (exact) mass is 458 g/mol. The third-order valence-corrected chi connectivity index (χ3v) is 5.00. The molecule has 7 heteroatoms. The quantitative estimate of drug-likeness (QED) is 0.511. The van der Waals surface area contributed by atoms with Crippen LogP contribution in [-0.2, 0) is 4.74 Å². The lowest BCUT2D eigenvalue weighted by Gasteiger charge is -2.35. The largest absolute Gasteiger partial charge is 0.367 e. The molecule has 1 fully saturated rings. The van der Waals surface area contributed by atoms with Crippen LogP contribution in [0.5, 0.6) is 0 Å². The van der Waals surface area contributed by atoms with Crippen molar-refractivity contribution >= 4 is 24.8 Å². The van der Waals surface area contributed by atoms with E-state index in [4.69, 9.17) is 4.74 Å². The summed E-state index contributed by atoms with van der Waals surface area (Å²) < 4.78 is 32.8. The first-order valence-electron chi connectivity index (χ1n) is 9.73. The van der Waals surface area contributed by atoms with E-state index in [-0.39, 0.29) is 42.6 Å². The fourth-order valence-electron chi connectivity index (χ4n) is 3.51. The predicted octanol–water partition coefficient (Wildman–Crippen LogP) is 5.11. The van der Waals surface area contributed by atoms with E-state index in [1.165, 1.54) is 29.8 Å². The van der Waals surface area contributed by atoms with E-state index < -0.39 is 0 Å². The Labute approximate surface area is 190 Å². The van der Waals surface area contributed by atoms with Gasteiger partial charge in [-0.2, -0.15) is 0 Å². The van der Waals surface area contributed by atoms with Gasteiger partial charge < -0.3 is 4.74 Å². The third-order valence-electron chi connectivity index (χ3n) is 5.00. The Balaban J connectivity index is 0.00000225. The Hall–Kier alpha value is -1.50. The lowest BCUT2D eigenvalue weighted by molar-refractivity contribution is 0.0464. The number of benzene rings is 2. The fourth-order valence-corrected chi connectivity index (χ4v) is 3.51. The molecule has 2 aromatic rings. The summed E-state index contributed by atoms with van der Waals surface area (Å²) in [7, 11) is 0. The van der Waals surface area contributed by atoms with Crippen molar-refractivity contribution in [2.75, 3.05) is 45.9 Å². The molecule has 2 aromatic carbocycles. The van der Waals surface area contributed by atoms with Crippen LogP contribution in [0.15, 0.2) is 60.7 Å². The average molecular weight is 459 g/mol. The van der Waals surface area contributed by atoms with Gasteiger partial charge in [0.25, 0.3) is 0 Å². The molecule has 1 aliphatic heterocycles. The van der Waals surface area contributed by atoms with Crippen LogP contribution in [0, 0.1) is 11.6 Å². The lowest BCUT2D eigenvalue weighted by Crippen LogP contribution is -2.47. The molecule has 1 aliphatic rings. The van der Waals surface area contributed by atoms with Gasteiger partial charge in [0.1, 0.15) is 17.7 Å². The predicted molar refractivity (Wildman–Crippen MR) is 123 cm³/mol. The number of hydrogen-bond donors (Lipinski definition) is 0. The van der Waals surface area contributed by atoms with Crippen LogP contribution in [0.2, 0.25) is 0 Å². The average Bonchev–Trinajstić information content (AvgIpc) is 2.68. The van der Waals surface area contributed by atoms with Crippen molar-refractivity contribution in [3.63, 3.8) is 0 Å². The molecule has 0 spiro atoms. The Kier molecular flexibility index (Phi) is 11.5. The van der Waals surface area contributed by atoms with Crippen molar-refractivity contribution in [3.8, 4) is 0 Å². The number of ether oxygens (including phenoxy) is 1. The van der Waals surface area contributed by atoms with Crippen LogP contribution in [0.1, 0.15) is 24.2 Å². The third kappa shape index (κ3) is 7.97. The molecule has 0 unspecified atom stereocenters. The Morgan fingerprint density at radius 3 is 1.73 bits per heavy atom. The molecule has 30 heavy (non-hydrogen) atoms. The summed E-state index contributed by atoms with van der Waals surface area (Å²) in [5.74, 6) is -0.566. The number of rotatable bonds is 8. The van der Waals surface area contributed by atoms with E-state index in [0.29, 0.717) is 6.61 Å². The first kappa shape index (κ1) is 26.5. The first-order valence-corrected chi connectivity index (χ1v) is 9.73. The minimum Gasteiger partial charge on any atom is -0.367 e. The zero-order valence-corrected chi connectivity index (χ0v) is 18.9. The molecule has 3 nitrogen and oxygen atoms in total. The van der Waals surface area contributed by atoms with Gasteiger partial charge in [0, 0.05) is 39.3 Å². The van der Waals surface area contributed by atoms with E-state index >= 15 is 0 Å². The first-order chi connectivity index (χ1) is 13.5. The second kappa shape index (κ2) is 13.0. The molecule has 0 bridgehead atoms. The summed E-state index contributed by atoms with van der Waals surface area (Å²) in [5, 5.41) is 0. The maximum Gasteiger partial charge on any atom is 0.123 e. The molecular formula is C23H30Cl2F2N2O. The topological polar surface area (TPSA) is 15.7 Å². The van der Waals surface area contributed by atoms with E-state index in [2.05, 4.69) is 23.3 Å². The number of nitrogens with zero attached hydrogens (tertiary/aromatic N) is 2. The van der Waals surface area contributed by atoms with Gasteiger partial charge in [-0.25, -0.2) is 8.78 Å². The Morgan fingerprint density at radius 1 is 0.867 bits per heavy atom. The summed E-state index contributed by atoms with van der Waals surface area (Å²) in [6.45, 7) is 12.5. The molecule has 0 aromatic heterocycles. The van der Waals surface area contributed by atoms with Crippen LogP contribution in [0.3, 0.4) is 0 Å². The number of halogens is 4. The zero-order chi connectivity index (χ0) is 19.9. The summed E-state index contributed by atoms with van der Waals surface area (Å²) in [4.78, 5) is 4.81. The van der Waals surface area contributed by atoms with Gasteiger partial charge in [0.15, 0.2) is 0 Å². The van der Waals surface area contributed by atoms with Crippen LogP contribution >= 0.6 is 24.8 Å². The Morgan fingerprint density at radius 2 is 1.30 bits per heavy atom. The lowest BCUT2D eigenvalue weighted by atomic mass is 10.0. The number of hydrogen-bond acceptors (Lipinski definition) is 3. The van der Waals surface area contributed by atoms with Crippen LogP contribution in [0.25, 0.3) is 0 Å². The van der Waals surface area contributed by atoms with Gasteiger partial charge in [-0.05, 0) is 42.3 Å². The zero-order valence-electron chi connectivity index (χ0n) is 17.2. The molecule has 1 heterocycles. The van der Waals surface area contributed by atoms with Crippen molar-refractivity contribution in [2.45, 2.75) is 13.0 Å². The molecular weight excluding hydrogens is 429 g/mol. The fraction of sp³-hybridized carbons (Fsp3) is 0.391. The highest BCUT2D eigenvalue weighted by Crippen LogP contribution is 2.26. The highest BCUT2D eigenvalue weighted by atomic mass is 35.5. The van der Waals surface area contributed by atoms with Crippen molar-refractivity contribution in [1.82, 2.24) is 9.80 Å². The maximum atomic E-state index is 13.3.